The lowest BCUT2D eigenvalue weighted by molar-refractivity contribution is 0.632. The molecule has 1 heterocycles. The van der Waals surface area contributed by atoms with Crippen LogP contribution in [0.5, 0.6) is 0 Å². The van der Waals surface area contributed by atoms with E-state index in [1.54, 1.807) is 6.20 Å². The summed E-state index contributed by atoms with van der Waals surface area (Å²) >= 11 is 1.93. The van der Waals surface area contributed by atoms with Gasteiger partial charge in [0.25, 0.3) is 0 Å². The molecule has 0 fully saturated rings. The zero-order chi connectivity index (χ0) is 10.4. The standard InChI is InChI=1S/C11H18N2S/c1-9(2)4-6-14-8-11-7-10(12)3-5-13-11/h3,5,7,9H,4,6,8H2,1-2H3,(H2,12,13). The molecule has 0 bridgehead atoms. The highest BCUT2D eigenvalue weighted by Gasteiger charge is 1.97. The van der Waals surface area contributed by atoms with Crippen molar-refractivity contribution in [2.75, 3.05) is 11.5 Å². The maximum absolute atomic E-state index is 5.66. The van der Waals surface area contributed by atoms with Gasteiger partial charge in [-0.2, -0.15) is 11.8 Å². The highest BCUT2D eigenvalue weighted by molar-refractivity contribution is 7.98. The Hall–Kier alpha value is -0.700. The Morgan fingerprint density at radius 3 is 2.93 bits per heavy atom. The molecule has 2 N–H and O–H groups in total. The summed E-state index contributed by atoms with van der Waals surface area (Å²) in [4.78, 5) is 4.26. The molecule has 0 aliphatic rings. The van der Waals surface area contributed by atoms with Crippen molar-refractivity contribution >= 4 is 17.4 Å². The predicted molar refractivity (Wildman–Crippen MR) is 64.3 cm³/mol. The van der Waals surface area contributed by atoms with Gasteiger partial charge in [0.15, 0.2) is 0 Å². The molecule has 0 radical (unpaired) electrons. The van der Waals surface area contributed by atoms with Crippen molar-refractivity contribution in [3.63, 3.8) is 0 Å². The Labute approximate surface area is 90.3 Å². The summed E-state index contributed by atoms with van der Waals surface area (Å²) in [6.07, 6.45) is 3.04. The first-order chi connectivity index (χ1) is 6.68. The van der Waals surface area contributed by atoms with E-state index >= 15 is 0 Å². The van der Waals surface area contributed by atoms with Crippen LogP contribution in [0.1, 0.15) is 26.0 Å². The minimum Gasteiger partial charge on any atom is -0.399 e. The summed E-state index contributed by atoms with van der Waals surface area (Å²) in [6.45, 7) is 4.50. The van der Waals surface area contributed by atoms with E-state index in [4.69, 9.17) is 5.73 Å². The summed E-state index contributed by atoms with van der Waals surface area (Å²) < 4.78 is 0. The summed E-state index contributed by atoms with van der Waals surface area (Å²) in [5.41, 5.74) is 7.55. The Bertz CT molecular complexity index is 274. The summed E-state index contributed by atoms with van der Waals surface area (Å²) in [5, 5.41) is 0. The highest BCUT2D eigenvalue weighted by Crippen LogP contribution is 2.15. The van der Waals surface area contributed by atoms with E-state index in [1.807, 2.05) is 23.9 Å². The van der Waals surface area contributed by atoms with Crippen LogP contribution >= 0.6 is 11.8 Å². The van der Waals surface area contributed by atoms with Gasteiger partial charge in [-0.1, -0.05) is 13.8 Å². The number of hydrogen-bond donors (Lipinski definition) is 1. The van der Waals surface area contributed by atoms with Crippen LogP contribution in [0, 0.1) is 5.92 Å². The molecule has 1 aromatic rings. The number of nitrogens with two attached hydrogens (primary N) is 1. The van der Waals surface area contributed by atoms with Crippen molar-refractivity contribution in [2.24, 2.45) is 5.92 Å². The van der Waals surface area contributed by atoms with Crippen LogP contribution in [0.3, 0.4) is 0 Å². The largest absolute Gasteiger partial charge is 0.399 e. The van der Waals surface area contributed by atoms with Gasteiger partial charge in [0.2, 0.25) is 0 Å². The number of rotatable bonds is 5. The zero-order valence-electron chi connectivity index (χ0n) is 8.86. The summed E-state index contributed by atoms with van der Waals surface area (Å²) in [7, 11) is 0. The van der Waals surface area contributed by atoms with Gasteiger partial charge < -0.3 is 5.73 Å². The molecule has 0 amide bonds. The van der Waals surface area contributed by atoms with Crippen molar-refractivity contribution in [1.82, 2.24) is 4.98 Å². The van der Waals surface area contributed by atoms with Gasteiger partial charge in [0.05, 0.1) is 5.69 Å². The quantitative estimate of drug-likeness (QED) is 0.759. The van der Waals surface area contributed by atoms with Gasteiger partial charge in [0, 0.05) is 17.6 Å². The monoisotopic (exact) mass is 210 g/mol. The Morgan fingerprint density at radius 2 is 2.29 bits per heavy atom. The van der Waals surface area contributed by atoms with Gasteiger partial charge in [-0.25, -0.2) is 0 Å². The van der Waals surface area contributed by atoms with Crippen LogP contribution < -0.4 is 5.73 Å². The van der Waals surface area contributed by atoms with Crippen LogP contribution in [0.25, 0.3) is 0 Å². The Morgan fingerprint density at radius 1 is 1.50 bits per heavy atom. The summed E-state index contributed by atoms with van der Waals surface area (Å²) in [6, 6.07) is 3.77. The molecular weight excluding hydrogens is 192 g/mol. The minimum absolute atomic E-state index is 0.788. The summed E-state index contributed by atoms with van der Waals surface area (Å²) in [5.74, 6) is 2.96. The fourth-order valence-corrected chi connectivity index (χ4v) is 2.22. The van der Waals surface area contributed by atoms with Crippen molar-refractivity contribution in [3.8, 4) is 0 Å². The maximum atomic E-state index is 5.66. The average Bonchev–Trinajstić information content (AvgIpc) is 2.12. The van der Waals surface area contributed by atoms with E-state index in [-0.39, 0.29) is 0 Å². The molecule has 1 rings (SSSR count). The molecule has 0 aromatic carbocycles. The van der Waals surface area contributed by atoms with Gasteiger partial charge >= 0.3 is 0 Å². The topological polar surface area (TPSA) is 38.9 Å². The fourth-order valence-electron chi connectivity index (χ4n) is 1.07. The first-order valence-electron chi connectivity index (χ1n) is 4.96. The first-order valence-corrected chi connectivity index (χ1v) is 6.12. The van der Waals surface area contributed by atoms with E-state index in [0.29, 0.717) is 0 Å². The molecule has 3 heteroatoms. The van der Waals surface area contributed by atoms with Gasteiger partial charge in [-0.05, 0) is 30.2 Å². The van der Waals surface area contributed by atoms with Crippen LogP contribution in [0.15, 0.2) is 18.3 Å². The molecule has 78 valence electrons. The SMILES string of the molecule is CC(C)CCSCc1cc(N)ccn1. The molecule has 0 spiro atoms. The highest BCUT2D eigenvalue weighted by atomic mass is 32.2. The van der Waals surface area contributed by atoms with Crippen molar-refractivity contribution in [1.29, 1.82) is 0 Å². The fraction of sp³-hybridized carbons (Fsp3) is 0.545. The van der Waals surface area contributed by atoms with E-state index in [1.165, 1.54) is 12.2 Å². The molecule has 0 aliphatic carbocycles. The number of thioether (sulfide) groups is 1. The number of aromatic nitrogens is 1. The second-order valence-corrected chi connectivity index (χ2v) is 4.92. The molecule has 0 atom stereocenters. The lowest BCUT2D eigenvalue weighted by Crippen LogP contribution is -1.93. The van der Waals surface area contributed by atoms with E-state index < -0.39 is 0 Å². The molecular formula is C11H18N2S. The third-order valence-corrected chi connectivity index (χ3v) is 2.95. The molecule has 0 aliphatic heterocycles. The molecule has 0 saturated carbocycles. The first kappa shape index (κ1) is 11.4. The van der Waals surface area contributed by atoms with Gasteiger partial charge in [-0.15, -0.1) is 0 Å². The zero-order valence-corrected chi connectivity index (χ0v) is 9.68. The van der Waals surface area contributed by atoms with E-state index in [2.05, 4.69) is 18.8 Å². The third-order valence-electron chi connectivity index (χ3n) is 1.93. The number of pyridine rings is 1. The van der Waals surface area contributed by atoms with Crippen LogP contribution in [-0.4, -0.2) is 10.7 Å². The maximum Gasteiger partial charge on any atom is 0.0523 e. The molecule has 0 saturated heterocycles. The third kappa shape index (κ3) is 4.51. The van der Waals surface area contributed by atoms with E-state index in [9.17, 15) is 0 Å². The molecule has 2 nitrogen and oxygen atoms in total. The number of anilines is 1. The minimum atomic E-state index is 0.788. The van der Waals surface area contributed by atoms with Gasteiger partial charge in [0.1, 0.15) is 0 Å². The second kappa shape index (κ2) is 5.91. The number of hydrogen-bond acceptors (Lipinski definition) is 3. The van der Waals surface area contributed by atoms with Crippen LogP contribution in [0.2, 0.25) is 0 Å². The Balaban J connectivity index is 2.25. The Kier molecular flexibility index (Phi) is 4.80. The average molecular weight is 210 g/mol. The smallest absolute Gasteiger partial charge is 0.0523 e. The van der Waals surface area contributed by atoms with Crippen molar-refractivity contribution in [2.45, 2.75) is 26.0 Å². The van der Waals surface area contributed by atoms with Crippen LogP contribution in [0.4, 0.5) is 5.69 Å². The number of nitrogen functional groups attached to an aromatic ring is 1. The lowest BCUT2D eigenvalue weighted by atomic mass is 10.2. The van der Waals surface area contributed by atoms with Crippen molar-refractivity contribution in [3.05, 3.63) is 24.0 Å². The normalized spacial score (nSPS) is 10.8. The van der Waals surface area contributed by atoms with Crippen LogP contribution in [-0.2, 0) is 5.75 Å². The lowest BCUT2D eigenvalue weighted by Gasteiger charge is -2.04. The predicted octanol–water partition coefficient (Wildman–Crippen LogP) is 2.94. The van der Waals surface area contributed by atoms with Crippen molar-refractivity contribution < 1.29 is 0 Å². The number of nitrogens with zero attached hydrogens (tertiary/aromatic N) is 1. The van der Waals surface area contributed by atoms with E-state index in [0.717, 1.165) is 23.1 Å². The molecule has 14 heavy (non-hydrogen) atoms. The van der Waals surface area contributed by atoms with Gasteiger partial charge in [-0.3, -0.25) is 4.98 Å². The second-order valence-electron chi connectivity index (χ2n) is 3.82. The molecule has 0 unspecified atom stereocenters. The molecule has 1 aromatic heterocycles.